The maximum atomic E-state index is 12.3. The van der Waals surface area contributed by atoms with E-state index in [1.165, 1.54) is 18.5 Å². The van der Waals surface area contributed by atoms with Gasteiger partial charge in [-0.15, -0.1) is 0 Å². The normalized spacial score (nSPS) is 17.5. The van der Waals surface area contributed by atoms with E-state index in [0.29, 0.717) is 6.54 Å². The summed E-state index contributed by atoms with van der Waals surface area (Å²) >= 11 is 0. The highest BCUT2D eigenvalue weighted by molar-refractivity contribution is 5.80. The van der Waals surface area contributed by atoms with E-state index in [2.05, 4.69) is 6.08 Å². The van der Waals surface area contributed by atoms with Crippen molar-refractivity contribution in [2.24, 2.45) is 0 Å². The van der Waals surface area contributed by atoms with Crippen LogP contribution < -0.4 is 0 Å². The predicted molar refractivity (Wildman–Crippen MR) is 73.1 cm³/mol. The Morgan fingerprint density at radius 2 is 2.22 bits per heavy atom. The molecule has 4 heteroatoms. The molecule has 0 aromatic carbocycles. The first kappa shape index (κ1) is 15.2. The molecule has 0 saturated carbocycles. The lowest BCUT2D eigenvalue weighted by molar-refractivity contribution is -0.130. The van der Waals surface area contributed by atoms with Crippen LogP contribution in [0.5, 0.6) is 0 Å². The molecule has 1 rings (SSSR count). The minimum atomic E-state index is 0.0213. The lowest BCUT2D eigenvalue weighted by Crippen LogP contribution is -2.42. The van der Waals surface area contributed by atoms with Crippen molar-refractivity contribution in [3.8, 4) is 0 Å². The Morgan fingerprint density at radius 3 is 2.72 bits per heavy atom. The minimum Gasteiger partial charge on any atom is -0.395 e. The molecule has 1 unspecified atom stereocenters. The van der Waals surface area contributed by atoms with Gasteiger partial charge in [-0.2, -0.15) is 0 Å². The van der Waals surface area contributed by atoms with Crippen LogP contribution in [-0.2, 0) is 4.79 Å². The number of nitrogens with zero attached hydrogens (tertiary/aromatic N) is 2. The molecule has 0 bridgehead atoms. The SMILES string of the molecule is CCN(C(=O)CN(C)C(C)CO)C1=CCCCC1. The first-order chi connectivity index (χ1) is 8.60. The van der Waals surface area contributed by atoms with Gasteiger partial charge in [0.15, 0.2) is 0 Å². The molecule has 18 heavy (non-hydrogen) atoms. The van der Waals surface area contributed by atoms with Crippen LogP contribution in [0.1, 0.15) is 39.5 Å². The summed E-state index contributed by atoms with van der Waals surface area (Å²) in [5.41, 5.74) is 1.18. The molecule has 1 amide bonds. The van der Waals surface area contributed by atoms with Crippen molar-refractivity contribution >= 4 is 5.91 Å². The van der Waals surface area contributed by atoms with E-state index in [4.69, 9.17) is 5.11 Å². The Hall–Kier alpha value is -0.870. The van der Waals surface area contributed by atoms with Gasteiger partial charge in [-0.05, 0) is 46.6 Å². The average molecular weight is 254 g/mol. The Labute approximate surface area is 110 Å². The molecule has 0 saturated heterocycles. The summed E-state index contributed by atoms with van der Waals surface area (Å²) in [6.45, 7) is 5.11. The van der Waals surface area contributed by atoms with Gasteiger partial charge in [-0.1, -0.05) is 6.08 Å². The van der Waals surface area contributed by atoms with Crippen LogP contribution in [0.3, 0.4) is 0 Å². The van der Waals surface area contributed by atoms with Crippen molar-refractivity contribution in [2.75, 3.05) is 26.7 Å². The molecule has 0 heterocycles. The Morgan fingerprint density at radius 1 is 1.50 bits per heavy atom. The van der Waals surface area contributed by atoms with E-state index < -0.39 is 0 Å². The predicted octanol–water partition coefficient (Wildman–Crippen LogP) is 1.61. The number of aliphatic hydroxyl groups excluding tert-OH is 1. The Balaban J connectivity index is 2.59. The highest BCUT2D eigenvalue weighted by Crippen LogP contribution is 2.21. The number of aliphatic hydroxyl groups is 1. The number of likely N-dealkylation sites (N-methyl/N-ethyl adjacent to an activating group) is 2. The molecular weight excluding hydrogens is 228 g/mol. The summed E-state index contributed by atoms with van der Waals surface area (Å²) in [6, 6.07) is 0.0213. The second-order valence-corrected chi connectivity index (χ2v) is 5.03. The van der Waals surface area contributed by atoms with Crippen LogP contribution in [0.25, 0.3) is 0 Å². The smallest absolute Gasteiger partial charge is 0.240 e. The number of carbonyl (C=O) groups is 1. The zero-order chi connectivity index (χ0) is 13.5. The standard InChI is InChI=1S/C14H26N2O2/c1-4-16(13-8-6-5-7-9-13)14(18)10-15(3)12(2)11-17/h8,12,17H,4-7,9-11H2,1-3H3. The molecule has 1 aliphatic rings. The van der Waals surface area contributed by atoms with E-state index in [1.807, 2.05) is 30.7 Å². The molecule has 4 nitrogen and oxygen atoms in total. The third-order valence-electron chi connectivity index (χ3n) is 3.63. The lowest BCUT2D eigenvalue weighted by Gasteiger charge is -2.30. The summed E-state index contributed by atoms with van der Waals surface area (Å²) in [5.74, 6) is 0.133. The van der Waals surface area contributed by atoms with Gasteiger partial charge in [-0.3, -0.25) is 9.69 Å². The van der Waals surface area contributed by atoms with Gasteiger partial charge >= 0.3 is 0 Å². The van der Waals surface area contributed by atoms with Crippen LogP contribution in [0.15, 0.2) is 11.8 Å². The van der Waals surface area contributed by atoms with Gasteiger partial charge in [0.05, 0.1) is 13.2 Å². The fourth-order valence-corrected chi connectivity index (χ4v) is 2.20. The number of carbonyl (C=O) groups excluding carboxylic acids is 1. The van der Waals surface area contributed by atoms with Crippen molar-refractivity contribution < 1.29 is 9.90 Å². The van der Waals surface area contributed by atoms with Gasteiger partial charge in [0.1, 0.15) is 0 Å². The molecule has 1 aliphatic carbocycles. The molecule has 0 fully saturated rings. The molecule has 0 spiro atoms. The van der Waals surface area contributed by atoms with E-state index >= 15 is 0 Å². The fraction of sp³-hybridized carbons (Fsp3) is 0.786. The van der Waals surface area contributed by atoms with Crippen molar-refractivity contribution in [3.05, 3.63) is 11.8 Å². The van der Waals surface area contributed by atoms with E-state index in [1.54, 1.807) is 0 Å². The largest absolute Gasteiger partial charge is 0.395 e. The Bertz CT molecular complexity index is 302. The first-order valence-electron chi connectivity index (χ1n) is 6.90. The van der Waals surface area contributed by atoms with E-state index in [0.717, 1.165) is 19.4 Å². The second-order valence-electron chi connectivity index (χ2n) is 5.03. The number of hydrogen-bond acceptors (Lipinski definition) is 3. The monoisotopic (exact) mass is 254 g/mol. The number of amides is 1. The zero-order valence-corrected chi connectivity index (χ0v) is 11.9. The van der Waals surface area contributed by atoms with Crippen LogP contribution in [0.2, 0.25) is 0 Å². The van der Waals surface area contributed by atoms with Gasteiger partial charge < -0.3 is 10.0 Å². The molecule has 0 aromatic rings. The molecule has 0 radical (unpaired) electrons. The summed E-state index contributed by atoms with van der Waals surface area (Å²) < 4.78 is 0. The molecule has 1 N–H and O–H groups in total. The molecule has 1 atom stereocenters. The lowest BCUT2D eigenvalue weighted by atomic mass is 10.0. The molecule has 0 aromatic heterocycles. The average Bonchev–Trinajstić information content (AvgIpc) is 2.39. The highest BCUT2D eigenvalue weighted by Gasteiger charge is 2.20. The number of rotatable bonds is 6. The second kappa shape index (κ2) is 7.54. The van der Waals surface area contributed by atoms with Gasteiger partial charge in [0, 0.05) is 18.3 Å². The molecule has 104 valence electrons. The van der Waals surface area contributed by atoms with Crippen LogP contribution in [-0.4, -0.2) is 53.6 Å². The topological polar surface area (TPSA) is 43.8 Å². The summed E-state index contributed by atoms with van der Waals surface area (Å²) in [4.78, 5) is 16.1. The molecular formula is C14H26N2O2. The molecule has 0 aliphatic heterocycles. The van der Waals surface area contributed by atoms with Crippen molar-refractivity contribution in [2.45, 2.75) is 45.6 Å². The quantitative estimate of drug-likeness (QED) is 0.783. The van der Waals surface area contributed by atoms with Crippen LogP contribution >= 0.6 is 0 Å². The van der Waals surface area contributed by atoms with Crippen LogP contribution in [0.4, 0.5) is 0 Å². The summed E-state index contributed by atoms with van der Waals surface area (Å²) in [6.07, 6.45) is 6.70. The summed E-state index contributed by atoms with van der Waals surface area (Å²) in [5, 5.41) is 9.08. The minimum absolute atomic E-state index is 0.0213. The van der Waals surface area contributed by atoms with Crippen molar-refractivity contribution in [1.82, 2.24) is 9.80 Å². The van der Waals surface area contributed by atoms with Crippen LogP contribution in [0, 0.1) is 0 Å². The van der Waals surface area contributed by atoms with Crippen molar-refractivity contribution in [1.29, 1.82) is 0 Å². The fourth-order valence-electron chi connectivity index (χ4n) is 2.20. The van der Waals surface area contributed by atoms with E-state index in [-0.39, 0.29) is 18.6 Å². The first-order valence-corrected chi connectivity index (χ1v) is 6.90. The van der Waals surface area contributed by atoms with Gasteiger partial charge in [-0.25, -0.2) is 0 Å². The zero-order valence-electron chi connectivity index (χ0n) is 11.9. The number of allylic oxidation sites excluding steroid dienone is 2. The van der Waals surface area contributed by atoms with E-state index in [9.17, 15) is 4.79 Å². The number of hydrogen-bond donors (Lipinski definition) is 1. The highest BCUT2D eigenvalue weighted by atomic mass is 16.3. The van der Waals surface area contributed by atoms with Gasteiger partial charge in [0.25, 0.3) is 0 Å². The summed E-state index contributed by atoms with van der Waals surface area (Å²) in [7, 11) is 1.88. The maximum absolute atomic E-state index is 12.3. The maximum Gasteiger partial charge on any atom is 0.240 e. The third kappa shape index (κ3) is 4.10. The Kier molecular flexibility index (Phi) is 6.36. The van der Waals surface area contributed by atoms with Gasteiger partial charge in [0.2, 0.25) is 5.91 Å². The third-order valence-corrected chi connectivity index (χ3v) is 3.63. The van der Waals surface area contributed by atoms with Crippen molar-refractivity contribution in [3.63, 3.8) is 0 Å².